The second-order valence-electron chi connectivity index (χ2n) is 6.56. The number of hydrogen-bond donors (Lipinski definition) is 1. The van der Waals surface area contributed by atoms with Gasteiger partial charge in [-0.15, -0.1) is 0 Å². The summed E-state index contributed by atoms with van der Waals surface area (Å²) in [5.41, 5.74) is 2.83. The van der Waals surface area contributed by atoms with Crippen LogP contribution in [-0.4, -0.2) is 44.1 Å². The molecule has 1 aliphatic rings. The van der Waals surface area contributed by atoms with Gasteiger partial charge in [0.05, 0.1) is 17.3 Å². The number of benzene rings is 1. The lowest BCUT2D eigenvalue weighted by atomic mass is 9.95. The molecule has 27 heavy (non-hydrogen) atoms. The number of hydrogen-bond acceptors (Lipinski definition) is 5. The van der Waals surface area contributed by atoms with E-state index in [4.69, 9.17) is 5.26 Å². The SMILES string of the molecule is N#Cc1ccnc(-c2ccc(C(=O)N3CCC(c4ncn[nH]4)CC3)cc2)c1. The van der Waals surface area contributed by atoms with E-state index in [1.54, 1.807) is 18.3 Å². The number of carbonyl (C=O) groups is 1. The largest absolute Gasteiger partial charge is 0.339 e. The van der Waals surface area contributed by atoms with E-state index in [0.29, 0.717) is 30.1 Å². The van der Waals surface area contributed by atoms with E-state index in [1.807, 2.05) is 29.2 Å². The molecule has 0 saturated carbocycles. The molecule has 4 rings (SSSR count). The maximum absolute atomic E-state index is 12.8. The highest BCUT2D eigenvalue weighted by atomic mass is 16.2. The lowest BCUT2D eigenvalue weighted by Crippen LogP contribution is -2.38. The average Bonchev–Trinajstić information content (AvgIpc) is 3.28. The van der Waals surface area contributed by atoms with Gasteiger partial charge in [0.15, 0.2) is 0 Å². The maximum Gasteiger partial charge on any atom is 0.253 e. The van der Waals surface area contributed by atoms with Crippen LogP contribution in [0.15, 0.2) is 48.9 Å². The van der Waals surface area contributed by atoms with E-state index in [9.17, 15) is 4.79 Å². The van der Waals surface area contributed by atoms with Gasteiger partial charge in [-0.05, 0) is 37.1 Å². The van der Waals surface area contributed by atoms with Crippen LogP contribution in [0.4, 0.5) is 0 Å². The normalized spacial score (nSPS) is 14.7. The van der Waals surface area contributed by atoms with Crippen LogP contribution in [0.5, 0.6) is 0 Å². The van der Waals surface area contributed by atoms with Gasteiger partial charge in [0.25, 0.3) is 5.91 Å². The van der Waals surface area contributed by atoms with Gasteiger partial charge >= 0.3 is 0 Å². The summed E-state index contributed by atoms with van der Waals surface area (Å²) in [5.74, 6) is 1.27. The number of H-pyrrole nitrogens is 1. The summed E-state index contributed by atoms with van der Waals surface area (Å²) in [4.78, 5) is 23.2. The standard InChI is InChI=1S/C20H18N6O/c21-12-14-5-8-22-18(11-14)15-1-3-17(4-2-15)20(27)26-9-6-16(7-10-26)19-23-13-24-25-19/h1-5,8,11,13,16H,6-7,9-10H2,(H,23,24,25). The number of likely N-dealkylation sites (tertiary alicyclic amines) is 1. The molecular formula is C20H18N6O. The summed E-state index contributed by atoms with van der Waals surface area (Å²) in [6.45, 7) is 1.41. The Morgan fingerprint density at radius 1 is 1.15 bits per heavy atom. The average molecular weight is 358 g/mol. The Labute approximate surface area is 156 Å². The van der Waals surface area contributed by atoms with Crippen molar-refractivity contribution in [2.45, 2.75) is 18.8 Å². The molecule has 1 fully saturated rings. The molecule has 1 amide bonds. The van der Waals surface area contributed by atoms with Gasteiger partial charge in [-0.2, -0.15) is 10.4 Å². The van der Waals surface area contributed by atoms with Gasteiger partial charge in [0, 0.05) is 36.3 Å². The summed E-state index contributed by atoms with van der Waals surface area (Å²) in [6, 6.07) is 12.9. The third kappa shape index (κ3) is 3.55. The van der Waals surface area contributed by atoms with Crippen molar-refractivity contribution in [1.29, 1.82) is 5.26 Å². The van der Waals surface area contributed by atoms with Gasteiger partial charge in [-0.1, -0.05) is 12.1 Å². The molecule has 0 spiro atoms. The molecule has 0 aliphatic carbocycles. The minimum Gasteiger partial charge on any atom is -0.339 e. The molecule has 1 aromatic carbocycles. The minimum atomic E-state index is 0.0382. The zero-order valence-corrected chi connectivity index (χ0v) is 14.7. The molecule has 3 heterocycles. The highest BCUT2D eigenvalue weighted by Crippen LogP contribution is 2.26. The number of aromatic nitrogens is 4. The summed E-state index contributed by atoms with van der Waals surface area (Å²) < 4.78 is 0. The van der Waals surface area contributed by atoms with E-state index in [1.165, 1.54) is 6.33 Å². The molecular weight excluding hydrogens is 340 g/mol. The maximum atomic E-state index is 12.8. The number of pyridine rings is 1. The number of nitrogens with one attached hydrogen (secondary N) is 1. The van der Waals surface area contributed by atoms with E-state index in [-0.39, 0.29) is 5.91 Å². The topological polar surface area (TPSA) is 98.6 Å². The van der Waals surface area contributed by atoms with Gasteiger partial charge in [-0.25, -0.2) is 4.98 Å². The smallest absolute Gasteiger partial charge is 0.253 e. The summed E-state index contributed by atoms with van der Waals surface area (Å²) in [5, 5.41) is 15.8. The van der Waals surface area contributed by atoms with Gasteiger partial charge in [-0.3, -0.25) is 14.9 Å². The summed E-state index contributed by atoms with van der Waals surface area (Å²) >= 11 is 0. The number of nitrogens with zero attached hydrogens (tertiary/aromatic N) is 5. The molecule has 1 aliphatic heterocycles. The van der Waals surface area contributed by atoms with Crippen LogP contribution in [0.1, 0.15) is 40.5 Å². The first kappa shape index (κ1) is 16.9. The third-order valence-corrected chi connectivity index (χ3v) is 4.92. The van der Waals surface area contributed by atoms with Crippen molar-refractivity contribution in [2.75, 3.05) is 13.1 Å². The molecule has 1 saturated heterocycles. The van der Waals surface area contributed by atoms with Gasteiger partial charge < -0.3 is 4.90 Å². The number of piperidine rings is 1. The molecule has 0 radical (unpaired) electrons. The predicted octanol–water partition coefficient (Wildman–Crippen LogP) is 2.76. The Bertz CT molecular complexity index is 966. The highest BCUT2D eigenvalue weighted by molar-refractivity contribution is 5.94. The minimum absolute atomic E-state index is 0.0382. The van der Waals surface area contributed by atoms with Crippen molar-refractivity contribution in [3.8, 4) is 17.3 Å². The van der Waals surface area contributed by atoms with Crippen molar-refractivity contribution in [2.24, 2.45) is 0 Å². The molecule has 134 valence electrons. The number of aromatic amines is 1. The number of nitriles is 1. The van der Waals surface area contributed by atoms with Crippen LogP contribution < -0.4 is 0 Å². The highest BCUT2D eigenvalue weighted by Gasteiger charge is 2.26. The van der Waals surface area contributed by atoms with Crippen molar-refractivity contribution in [1.82, 2.24) is 25.1 Å². The molecule has 7 nitrogen and oxygen atoms in total. The predicted molar refractivity (Wildman–Crippen MR) is 98.6 cm³/mol. The Morgan fingerprint density at radius 2 is 1.93 bits per heavy atom. The van der Waals surface area contributed by atoms with Crippen LogP contribution in [0.25, 0.3) is 11.3 Å². The van der Waals surface area contributed by atoms with Crippen molar-refractivity contribution in [3.05, 3.63) is 65.9 Å². The van der Waals surface area contributed by atoms with Crippen LogP contribution in [0, 0.1) is 11.3 Å². The molecule has 3 aromatic rings. The monoisotopic (exact) mass is 358 g/mol. The lowest BCUT2D eigenvalue weighted by Gasteiger charge is -2.31. The van der Waals surface area contributed by atoms with Crippen LogP contribution in [0.3, 0.4) is 0 Å². The zero-order valence-electron chi connectivity index (χ0n) is 14.7. The fourth-order valence-corrected chi connectivity index (χ4v) is 3.39. The number of carbonyl (C=O) groups excluding carboxylic acids is 1. The first-order valence-electron chi connectivity index (χ1n) is 8.86. The molecule has 0 bridgehead atoms. The van der Waals surface area contributed by atoms with Crippen LogP contribution in [-0.2, 0) is 0 Å². The fraction of sp³-hybridized carbons (Fsp3) is 0.250. The van der Waals surface area contributed by atoms with Gasteiger partial charge in [0.1, 0.15) is 12.2 Å². The quantitative estimate of drug-likeness (QED) is 0.776. The Balaban J connectivity index is 1.43. The van der Waals surface area contributed by atoms with Gasteiger partial charge in [0.2, 0.25) is 0 Å². The molecule has 1 N–H and O–H groups in total. The molecule has 2 aromatic heterocycles. The first-order valence-corrected chi connectivity index (χ1v) is 8.86. The van der Waals surface area contributed by atoms with E-state index in [0.717, 1.165) is 29.9 Å². The first-order chi connectivity index (χ1) is 13.2. The summed E-state index contributed by atoms with van der Waals surface area (Å²) in [6.07, 6.45) is 4.90. The second kappa shape index (κ2) is 7.38. The van der Waals surface area contributed by atoms with Crippen molar-refractivity contribution in [3.63, 3.8) is 0 Å². The molecule has 0 atom stereocenters. The third-order valence-electron chi connectivity index (χ3n) is 4.92. The summed E-state index contributed by atoms with van der Waals surface area (Å²) in [7, 11) is 0. The lowest BCUT2D eigenvalue weighted by molar-refractivity contribution is 0.0711. The fourth-order valence-electron chi connectivity index (χ4n) is 3.39. The van der Waals surface area contributed by atoms with E-state index >= 15 is 0 Å². The Morgan fingerprint density at radius 3 is 2.59 bits per heavy atom. The number of amides is 1. The van der Waals surface area contributed by atoms with Crippen LogP contribution in [0.2, 0.25) is 0 Å². The molecule has 7 heteroatoms. The molecule has 0 unspecified atom stereocenters. The van der Waals surface area contributed by atoms with E-state index in [2.05, 4.69) is 26.2 Å². The Kier molecular flexibility index (Phi) is 4.62. The zero-order chi connectivity index (χ0) is 18.6. The van der Waals surface area contributed by atoms with Crippen LogP contribution >= 0.6 is 0 Å². The number of rotatable bonds is 3. The second-order valence-corrected chi connectivity index (χ2v) is 6.56. The Hall–Kier alpha value is -3.53. The van der Waals surface area contributed by atoms with Crippen molar-refractivity contribution < 1.29 is 4.79 Å². The van der Waals surface area contributed by atoms with Crippen molar-refractivity contribution >= 4 is 5.91 Å². The van der Waals surface area contributed by atoms with E-state index < -0.39 is 0 Å².